The largest absolute Gasteiger partial charge is 0.381 e. The van der Waals surface area contributed by atoms with Gasteiger partial charge in [0.05, 0.1) is 0 Å². The van der Waals surface area contributed by atoms with Gasteiger partial charge in [-0.15, -0.1) is 24.0 Å². The molecular weight excluding hydrogens is 443 g/mol. The maximum Gasteiger partial charge on any atom is 0.191 e. The van der Waals surface area contributed by atoms with Crippen molar-refractivity contribution in [3.8, 4) is 0 Å². The Kier molecular flexibility index (Phi) is 14.6. The molecule has 2 fully saturated rings. The summed E-state index contributed by atoms with van der Waals surface area (Å²) in [5.74, 6) is 1.63. The predicted molar refractivity (Wildman–Crippen MR) is 119 cm³/mol. The number of guanidine groups is 1. The van der Waals surface area contributed by atoms with E-state index in [1.807, 2.05) is 0 Å². The zero-order valence-corrected chi connectivity index (χ0v) is 18.8. The normalized spacial score (nSPS) is 19.3. The Morgan fingerprint density at radius 3 is 2.65 bits per heavy atom. The fourth-order valence-electron chi connectivity index (χ4n) is 3.38. The summed E-state index contributed by atoms with van der Waals surface area (Å²) in [6, 6.07) is 0. The molecule has 0 atom stereocenters. The van der Waals surface area contributed by atoms with Crippen molar-refractivity contribution >= 4 is 29.9 Å². The maximum atomic E-state index is 5.80. The quantitative estimate of drug-likeness (QED) is 0.205. The standard InChI is InChI=1S/C19H38N4O2.HI/c1-2-20-19(21-9-5-13-23-11-3-4-12-23)22-10-6-14-25-17-18-7-15-24-16-8-18;/h18H,2-17H2,1H3,(H2,20,21,22);1H. The summed E-state index contributed by atoms with van der Waals surface area (Å²) in [6.07, 6.45) is 7.18. The SMILES string of the molecule is CCNC(=NCCCOCC1CCOCC1)NCCCN1CCCC1.I. The first kappa shape index (κ1) is 23.9. The van der Waals surface area contributed by atoms with Crippen molar-refractivity contribution in [2.45, 2.75) is 45.4 Å². The molecule has 0 amide bonds. The summed E-state index contributed by atoms with van der Waals surface area (Å²) in [4.78, 5) is 7.21. The van der Waals surface area contributed by atoms with E-state index in [0.717, 1.165) is 71.3 Å². The van der Waals surface area contributed by atoms with Crippen LogP contribution in [0, 0.1) is 5.92 Å². The van der Waals surface area contributed by atoms with Gasteiger partial charge in [-0.05, 0) is 71.0 Å². The van der Waals surface area contributed by atoms with Crippen LogP contribution in [0.1, 0.15) is 45.4 Å². The summed E-state index contributed by atoms with van der Waals surface area (Å²) in [7, 11) is 0. The molecule has 2 saturated heterocycles. The van der Waals surface area contributed by atoms with Gasteiger partial charge < -0.3 is 25.0 Å². The number of hydrogen-bond donors (Lipinski definition) is 2. The molecule has 26 heavy (non-hydrogen) atoms. The first-order valence-corrected chi connectivity index (χ1v) is 10.3. The smallest absolute Gasteiger partial charge is 0.191 e. The lowest BCUT2D eigenvalue weighted by Gasteiger charge is -2.21. The van der Waals surface area contributed by atoms with Crippen molar-refractivity contribution < 1.29 is 9.47 Å². The lowest BCUT2D eigenvalue weighted by Crippen LogP contribution is -2.38. The van der Waals surface area contributed by atoms with E-state index >= 15 is 0 Å². The van der Waals surface area contributed by atoms with Gasteiger partial charge in [0.15, 0.2) is 5.96 Å². The molecular formula is C19H39IN4O2. The summed E-state index contributed by atoms with van der Waals surface area (Å²) >= 11 is 0. The molecule has 0 aromatic rings. The highest BCUT2D eigenvalue weighted by molar-refractivity contribution is 14.0. The first-order chi connectivity index (χ1) is 12.4. The fraction of sp³-hybridized carbons (Fsp3) is 0.947. The molecule has 154 valence electrons. The van der Waals surface area contributed by atoms with E-state index in [-0.39, 0.29) is 24.0 Å². The molecule has 0 unspecified atom stereocenters. The number of hydrogen-bond acceptors (Lipinski definition) is 4. The zero-order valence-electron chi connectivity index (χ0n) is 16.5. The predicted octanol–water partition coefficient (Wildman–Crippen LogP) is 2.48. The number of rotatable bonds is 11. The van der Waals surface area contributed by atoms with Crippen molar-refractivity contribution in [2.24, 2.45) is 10.9 Å². The van der Waals surface area contributed by atoms with Gasteiger partial charge in [-0.3, -0.25) is 4.99 Å². The third-order valence-corrected chi connectivity index (χ3v) is 4.90. The van der Waals surface area contributed by atoms with Crippen molar-refractivity contribution in [3.63, 3.8) is 0 Å². The maximum absolute atomic E-state index is 5.80. The average Bonchev–Trinajstić information content (AvgIpc) is 3.16. The molecule has 0 bridgehead atoms. The Hall–Kier alpha value is -0.120. The summed E-state index contributed by atoms with van der Waals surface area (Å²) < 4.78 is 11.2. The highest BCUT2D eigenvalue weighted by Gasteiger charge is 2.13. The van der Waals surface area contributed by atoms with Crippen LogP contribution in [0.15, 0.2) is 4.99 Å². The molecule has 0 aliphatic carbocycles. The third kappa shape index (κ3) is 10.9. The second-order valence-corrected chi connectivity index (χ2v) is 7.07. The molecule has 2 aliphatic heterocycles. The van der Waals surface area contributed by atoms with Crippen LogP contribution in [0.25, 0.3) is 0 Å². The molecule has 0 aromatic heterocycles. The fourth-order valence-corrected chi connectivity index (χ4v) is 3.38. The number of aliphatic imine (C=N–C) groups is 1. The molecule has 0 radical (unpaired) electrons. The molecule has 0 spiro atoms. The Balaban J connectivity index is 0.00000338. The number of nitrogens with one attached hydrogen (secondary N) is 2. The number of likely N-dealkylation sites (tertiary alicyclic amines) is 1. The lowest BCUT2D eigenvalue weighted by molar-refractivity contribution is 0.0205. The van der Waals surface area contributed by atoms with Gasteiger partial charge in [0, 0.05) is 46.1 Å². The van der Waals surface area contributed by atoms with Crippen LogP contribution in [0.3, 0.4) is 0 Å². The first-order valence-electron chi connectivity index (χ1n) is 10.3. The molecule has 6 nitrogen and oxygen atoms in total. The van der Waals surface area contributed by atoms with E-state index in [1.165, 1.54) is 38.9 Å². The third-order valence-electron chi connectivity index (χ3n) is 4.90. The molecule has 2 N–H and O–H groups in total. The van der Waals surface area contributed by atoms with E-state index in [1.54, 1.807) is 0 Å². The molecule has 0 saturated carbocycles. The van der Waals surface area contributed by atoms with Crippen LogP contribution >= 0.6 is 24.0 Å². The Bertz CT molecular complexity index is 359. The highest BCUT2D eigenvalue weighted by Crippen LogP contribution is 2.14. The van der Waals surface area contributed by atoms with Crippen LogP contribution < -0.4 is 10.6 Å². The monoisotopic (exact) mass is 482 g/mol. The van der Waals surface area contributed by atoms with Crippen molar-refractivity contribution in [3.05, 3.63) is 0 Å². The van der Waals surface area contributed by atoms with Gasteiger partial charge in [-0.1, -0.05) is 0 Å². The van der Waals surface area contributed by atoms with Crippen LogP contribution in [-0.4, -0.2) is 76.6 Å². The van der Waals surface area contributed by atoms with Crippen molar-refractivity contribution in [1.82, 2.24) is 15.5 Å². The Labute approximate surface area is 176 Å². The zero-order chi connectivity index (χ0) is 17.6. The number of halogens is 1. The van der Waals surface area contributed by atoms with E-state index in [9.17, 15) is 0 Å². The minimum absolute atomic E-state index is 0. The topological polar surface area (TPSA) is 58.1 Å². The van der Waals surface area contributed by atoms with Crippen LogP contribution in [-0.2, 0) is 9.47 Å². The van der Waals surface area contributed by atoms with Gasteiger partial charge in [-0.2, -0.15) is 0 Å². The van der Waals surface area contributed by atoms with Crippen LogP contribution in [0.2, 0.25) is 0 Å². The number of nitrogens with zero attached hydrogens (tertiary/aromatic N) is 2. The van der Waals surface area contributed by atoms with Gasteiger partial charge in [0.1, 0.15) is 0 Å². The second kappa shape index (κ2) is 15.9. The summed E-state index contributed by atoms with van der Waals surface area (Å²) in [5.41, 5.74) is 0. The molecule has 2 heterocycles. The van der Waals surface area contributed by atoms with Crippen LogP contribution in [0.5, 0.6) is 0 Å². The lowest BCUT2D eigenvalue weighted by atomic mass is 10.0. The second-order valence-electron chi connectivity index (χ2n) is 7.07. The van der Waals surface area contributed by atoms with E-state index in [2.05, 4.69) is 27.4 Å². The Morgan fingerprint density at radius 2 is 1.92 bits per heavy atom. The van der Waals surface area contributed by atoms with Gasteiger partial charge in [0.25, 0.3) is 0 Å². The molecule has 0 aromatic carbocycles. The molecule has 2 aliphatic rings. The van der Waals surface area contributed by atoms with Crippen LogP contribution in [0.4, 0.5) is 0 Å². The summed E-state index contributed by atoms with van der Waals surface area (Å²) in [5, 5.41) is 6.77. The molecule has 2 rings (SSSR count). The highest BCUT2D eigenvalue weighted by atomic mass is 127. The summed E-state index contributed by atoms with van der Waals surface area (Å²) in [6.45, 7) is 12.0. The van der Waals surface area contributed by atoms with E-state index in [0.29, 0.717) is 5.92 Å². The van der Waals surface area contributed by atoms with Crippen molar-refractivity contribution in [2.75, 3.05) is 65.7 Å². The van der Waals surface area contributed by atoms with Crippen molar-refractivity contribution in [1.29, 1.82) is 0 Å². The van der Waals surface area contributed by atoms with Gasteiger partial charge in [0.2, 0.25) is 0 Å². The van der Waals surface area contributed by atoms with Gasteiger partial charge in [-0.25, -0.2) is 0 Å². The number of ether oxygens (including phenoxy) is 2. The van der Waals surface area contributed by atoms with E-state index in [4.69, 9.17) is 9.47 Å². The van der Waals surface area contributed by atoms with E-state index < -0.39 is 0 Å². The minimum atomic E-state index is 0. The Morgan fingerprint density at radius 1 is 1.15 bits per heavy atom. The molecule has 7 heteroatoms. The average molecular weight is 482 g/mol. The minimum Gasteiger partial charge on any atom is -0.381 e. The van der Waals surface area contributed by atoms with Gasteiger partial charge >= 0.3 is 0 Å².